The third kappa shape index (κ3) is 3.59. The van der Waals surface area contributed by atoms with Crippen LogP contribution >= 0.6 is 0 Å². The Morgan fingerprint density at radius 2 is 1.61 bits per heavy atom. The Kier molecular flexibility index (Phi) is 4.72. The van der Waals surface area contributed by atoms with Crippen molar-refractivity contribution >= 4 is 16.7 Å². The van der Waals surface area contributed by atoms with Crippen LogP contribution in [-0.4, -0.2) is 73.0 Å². The van der Waals surface area contributed by atoms with Crippen molar-refractivity contribution in [3.8, 4) is 17.4 Å². The molecule has 0 spiro atoms. The molecule has 1 aromatic rings. The zero-order chi connectivity index (χ0) is 21.0. The van der Waals surface area contributed by atoms with Crippen LogP contribution < -0.4 is 9.91 Å². The van der Waals surface area contributed by atoms with Crippen molar-refractivity contribution in [2.24, 2.45) is 0 Å². The minimum atomic E-state index is -0.269. The van der Waals surface area contributed by atoms with Gasteiger partial charge in [0, 0.05) is 0 Å². The second kappa shape index (κ2) is 6.53. The molecular formula is C21H31N5O2+2. The molecule has 0 fully saturated rings. The molecule has 28 heavy (non-hydrogen) atoms. The van der Waals surface area contributed by atoms with Crippen molar-refractivity contribution in [2.75, 3.05) is 48.8 Å². The van der Waals surface area contributed by atoms with Crippen LogP contribution in [-0.2, 0) is 6.54 Å². The molecule has 150 valence electrons. The summed E-state index contributed by atoms with van der Waals surface area (Å²) in [6.07, 6.45) is 0. The maximum atomic E-state index is 13.2. The number of likely N-dealkylation sites (N-methyl/N-ethyl adjacent to an activating group) is 1. The van der Waals surface area contributed by atoms with Gasteiger partial charge in [0.2, 0.25) is 5.69 Å². The number of rotatable bonds is 4. The fourth-order valence-corrected chi connectivity index (χ4v) is 3.37. The lowest BCUT2D eigenvalue weighted by molar-refractivity contribution is -0.870. The van der Waals surface area contributed by atoms with Gasteiger partial charge in [-0.1, -0.05) is 0 Å². The first-order valence-electron chi connectivity index (χ1n) is 9.46. The summed E-state index contributed by atoms with van der Waals surface area (Å²) in [7, 11) is 11.9. The van der Waals surface area contributed by atoms with Crippen LogP contribution in [0.1, 0.15) is 11.1 Å². The Hall–Kier alpha value is -2.51. The molecule has 7 nitrogen and oxygen atoms in total. The summed E-state index contributed by atoms with van der Waals surface area (Å²) in [5, 5.41) is 10.6. The van der Waals surface area contributed by atoms with Gasteiger partial charge in [-0.2, -0.15) is 4.98 Å². The summed E-state index contributed by atoms with van der Waals surface area (Å²) in [5.41, 5.74) is 4.27. The van der Waals surface area contributed by atoms with Crippen molar-refractivity contribution in [3.63, 3.8) is 0 Å². The topological polar surface area (TPSA) is 68.0 Å². The van der Waals surface area contributed by atoms with Gasteiger partial charge in [0.15, 0.2) is 11.5 Å². The number of aryl methyl sites for hydroxylation is 2. The van der Waals surface area contributed by atoms with Gasteiger partial charge in [-0.05, 0) is 37.1 Å². The minimum Gasteiger partial charge on any atom is -0.489 e. The van der Waals surface area contributed by atoms with E-state index in [-0.39, 0.29) is 21.5 Å². The van der Waals surface area contributed by atoms with Gasteiger partial charge in [0.1, 0.15) is 0 Å². The van der Waals surface area contributed by atoms with E-state index in [0.29, 0.717) is 18.1 Å². The molecule has 0 atom stereocenters. The standard InChI is InChI=1S/C21H30N5O2/c1-13-11-15-16(12-14(13)2)24(9-10-25(3,4)5)20-17(22-15)19(27)18(21(28)23-20)26(6,7)8/h11-12H,9-10H2,1-8H3/q+1/p+1. The van der Waals surface area contributed by atoms with Gasteiger partial charge < -0.3 is 14.2 Å². The van der Waals surface area contributed by atoms with Crippen molar-refractivity contribution in [2.45, 2.75) is 20.4 Å². The Labute approximate surface area is 166 Å². The zero-order valence-electron chi connectivity index (χ0n) is 18.2. The normalized spacial score (nSPS) is 12.9. The Morgan fingerprint density at radius 3 is 2.18 bits per heavy atom. The van der Waals surface area contributed by atoms with Crippen LogP contribution in [0, 0.1) is 13.8 Å². The Balaban J connectivity index is 2.43. The van der Waals surface area contributed by atoms with E-state index >= 15 is 0 Å². The molecule has 1 aromatic carbocycles. The van der Waals surface area contributed by atoms with Crippen LogP contribution in [0.25, 0.3) is 22.6 Å². The number of nitrogens with zero attached hydrogens (tertiary/aromatic N) is 5. The molecule has 3 rings (SSSR count). The van der Waals surface area contributed by atoms with E-state index in [1.54, 1.807) is 0 Å². The molecule has 0 saturated carbocycles. The molecule has 0 amide bonds. The first kappa shape index (κ1) is 20.2. The maximum absolute atomic E-state index is 13.2. The molecule has 0 aliphatic carbocycles. The summed E-state index contributed by atoms with van der Waals surface area (Å²) >= 11 is 0. The number of hydrogen-bond donors (Lipinski definition) is 1. The smallest absolute Gasteiger partial charge is 0.280 e. The summed E-state index contributed by atoms with van der Waals surface area (Å²) in [5.74, 6) is 0.206. The lowest BCUT2D eigenvalue weighted by Gasteiger charge is -2.27. The molecule has 0 radical (unpaired) electrons. The van der Waals surface area contributed by atoms with Crippen molar-refractivity contribution in [3.05, 3.63) is 33.5 Å². The highest BCUT2D eigenvalue weighted by Gasteiger charge is 2.31. The van der Waals surface area contributed by atoms with Gasteiger partial charge in [-0.15, -0.1) is 0 Å². The van der Waals surface area contributed by atoms with Crippen LogP contribution in [0.5, 0.6) is 5.88 Å². The quantitative estimate of drug-likeness (QED) is 0.552. The number of benzene rings is 1. The predicted octanol–water partition coefficient (Wildman–Crippen LogP) is 2.12. The molecule has 0 unspecified atom stereocenters. The molecule has 1 N–H and O–H groups in total. The number of fused-ring (bicyclic) bond motifs is 2. The number of pyridine rings is 1. The predicted molar refractivity (Wildman–Crippen MR) is 114 cm³/mol. The van der Waals surface area contributed by atoms with E-state index in [2.05, 4.69) is 44.1 Å². The number of hydrogen-bond acceptors (Lipinski definition) is 4. The van der Waals surface area contributed by atoms with Crippen LogP contribution in [0.15, 0.2) is 16.9 Å². The van der Waals surface area contributed by atoms with Crippen LogP contribution in [0.3, 0.4) is 0 Å². The van der Waals surface area contributed by atoms with E-state index in [0.717, 1.165) is 33.2 Å². The molecule has 2 aliphatic heterocycles. The molecule has 2 heterocycles. The fraction of sp³-hybridized carbons (Fsp3) is 0.476. The van der Waals surface area contributed by atoms with E-state index in [9.17, 15) is 9.90 Å². The lowest BCUT2D eigenvalue weighted by atomic mass is 10.1. The fourth-order valence-electron chi connectivity index (χ4n) is 3.37. The third-order valence-electron chi connectivity index (χ3n) is 5.10. The number of aromatic nitrogens is 3. The van der Waals surface area contributed by atoms with E-state index in [1.165, 1.54) is 0 Å². The second-order valence-electron chi connectivity index (χ2n) is 9.50. The van der Waals surface area contributed by atoms with Gasteiger partial charge in [-0.25, -0.2) is 4.98 Å². The molecular weight excluding hydrogens is 354 g/mol. The number of aromatic hydroxyl groups is 1. The molecule has 0 aromatic heterocycles. The lowest BCUT2D eigenvalue weighted by Crippen LogP contribution is -2.40. The summed E-state index contributed by atoms with van der Waals surface area (Å²) in [6.45, 7) is 5.62. The van der Waals surface area contributed by atoms with Gasteiger partial charge in [0.05, 0.1) is 66.4 Å². The van der Waals surface area contributed by atoms with Crippen LogP contribution in [0.4, 0.5) is 5.69 Å². The third-order valence-corrected chi connectivity index (χ3v) is 5.10. The highest BCUT2D eigenvalue weighted by molar-refractivity contribution is 5.82. The molecule has 2 aliphatic rings. The average molecular weight is 386 g/mol. The SMILES string of the molecule is Cc1cc2nc3c(=O)c([N+](C)(C)C)c(O)nc-3n(CC[N+](C)(C)C)c2cc1C. The van der Waals surface area contributed by atoms with E-state index < -0.39 is 0 Å². The van der Waals surface area contributed by atoms with Gasteiger partial charge >= 0.3 is 0 Å². The highest BCUT2D eigenvalue weighted by Crippen LogP contribution is 2.31. The molecule has 0 bridgehead atoms. The van der Waals surface area contributed by atoms with Crippen molar-refractivity contribution in [1.29, 1.82) is 0 Å². The Bertz CT molecular complexity index is 1090. The molecule has 7 heteroatoms. The monoisotopic (exact) mass is 385 g/mol. The Morgan fingerprint density at radius 1 is 1.00 bits per heavy atom. The first-order valence-corrected chi connectivity index (χ1v) is 9.46. The zero-order valence-corrected chi connectivity index (χ0v) is 18.2. The van der Waals surface area contributed by atoms with Crippen molar-refractivity contribution in [1.82, 2.24) is 19.0 Å². The summed E-state index contributed by atoms with van der Waals surface area (Å²) in [6, 6.07) is 4.11. The second-order valence-corrected chi connectivity index (χ2v) is 9.50. The van der Waals surface area contributed by atoms with E-state index in [1.807, 2.05) is 38.7 Å². The summed E-state index contributed by atoms with van der Waals surface area (Å²) in [4.78, 5) is 22.4. The largest absolute Gasteiger partial charge is 0.489 e. The number of quaternary nitrogens is 2. The van der Waals surface area contributed by atoms with Gasteiger partial charge in [-0.3, -0.25) is 9.28 Å². The van der Waals surface area contributed by atoms with Crippen LogP contribution in [0.2, 0.25) is 0 Å². The summed E-state index contributed by atoms with van der Waals surface area (Å²) < 4.78 is 2.98. The maximum Gasteiger partial charge on any atom is 0.280 e. The average Bonchev–Trinajstić information content (AvgIpc) is 2.52. The van der Waals surface area contributed by atoms with Gasteiger partial charge in [0.25, 0.3) is 11.3 Å². The van der Waals surface area contributed by atoms with Crippen molar-refractivity contribution < 1.29 is 9.59 Å². The first-order chi connectivity index (χ1) is 12.8. The highest BCUT2D eigenvalue weighted by atomic mass is 16.3. The molecule has 0 saturated heterocycles. The minimum absolute atomic E-state index is 0.180. The van der Waals surface area contributed by atoms with E-state index in [4.69, 9.17) is 0 Å².